The fourth-order valence-electron chi connectivity index (χ4n) is 1.21. The van der Waals surface area contributed by atoms with Gasteiger partial charge in [0.15, 0.2) is 0 Å². The zero-order valence-electron chi connectivity index (χ0n) is 8.93. The average Bonchev–Trinajstić information content (AvgIpc) is 2.10. The molecule has 12 heavy (non-hydrogen) atoms. The van der Waals surface area contributed by atoms with Crippen LogP contribution in [0.4, 0.5) is 0 Å². The first-order chi connectivity index (χ1) is 5.76. The van der Waals surface area contributed by atoms with Crippen LogP contribution < -0.4 is 0 Å². The zero-order valence-corrected chi connectivity index (χ0v) is 8.93. The van der Waals surface area contributed by atoms with Crippen LogP contribution in [0.5, 0.6) is 0 Å². The first-order valence-corrected chi connectivity index (χ1v) is 5.00. The van der Waals surface area contributed by atoms with Gasteiger partial charge in [0.1, 0.15) is 0 Å². The number of aliphatic imine (C=N–C) groups is 1. The van der Waals surface area contributed by atoms with Gasteiger partial charge in [-0.15, -0.1) is 0 Å². The van der Waals surface area contributed by atoms with E-state index in [2.05, 4.69) is 37.7 Å². The molecule has 72 valence electrons. The quantitative estimate of drug-likeness (QED) is 0.457. The Hall–Kier alpha value is -0.530. The predicted octanol–water partition coefficient (Wildman–Crippen LogP) is 2.55. The van der Waals surface area contributed by atoms with Crippen LogP contribution in [0.15, 0.2) is 4.99 Å². The van der Waals surface area contributed by atoms with Crippen molar-refractivity contribution >= 4 is 5.84 Å². The molecule has 0 aromatic heterocycles. The van der Waals surface area contributed by atoms with Gasteiger partial charge in [0.25, 0.3) is 0 Å². The Labute approximate surface area is 76.7 Å². The van der Waals surface area contributed by atoms with E-state index >= 15 is 0 Å². The fourth-order valence-corrected chi connectivity index (χ4v) is 1.21. The lowest BCUT2D eigenvalue weighted by atomic mass is 10.3. The van der Waals surface area contributed by atoms with E-state index in [1.807, 2.05) is 0 Å². The first-order valence-electron chi connectivity index (χ1n) is 5.00. The number of hydrogen-bond donors (Lipinski definition) is 0. The van der Waals surface area contributed by atoms with Crippen LogP contribution in [0.25, 0.3) is 0 Å². The summed E-state index contributed by atoms with van der Waals surface area (Å²) in [6.45, 7) is 8.51. The van der Waals surface area contributed by atoms with E-state index in [1.54, 1.807) is 0 Å². The lowest BCUT2D eigenvalue weighted by molar-refractivity contribution is 0.474. The molecular weight excluding hydrogens is 148 g/mol. The van der Waals surface area contributed by atoms with Gasteiger partial charge in [-0.2, -0.15) is 0 Å². The van der Waals surface area contributed by atoms with Crippen molar-refractivity contribution < 1.29 is 0 Å². The molecule has 0 heterocycles. The highest BCUT2D eigenvalue weighted by Crippen LogP contribution is 1.97. The van der Waals surface area contributed by atoms with Gasteiger partial charge in [0.05, 0.1) is 5.84 Å². The highest BCUT2D eigenvalue weighted by molar-refractivity contribution is 5.81. The highest BCUT2D eigenvalue weighted by Gasteiger charge is 2.01. The average molecular weight is 170 g/mol. The van der Waals surface area contributed by atoms with E-state index in [0.717, 1.165) is 19.5 Å². The normalized spacial score (nSPS) is 11.8. The topological polar surface area (TPSA) is 15.6 Å². The summed E-state index contributed by atoms with van der Waals surface area (Å²) < 4.78 is 0. The molecule has 0 N–H and O–H groups in total. The highest BCUT2D eigenvalue weighted by atomic mass is 15.2. The SMILES string of the molecule is CCCCN(C)C(CC)=NCC. The minimum atomic E-state index is 0.902. The molecule has 0 saturated carbocycles. The summed E-state index contributed by atoms with van der Waals surface area (Å²) in [5.74, 6) is 1.24. The molecule has 0 unspecified atom stereocenters. The Balaban J connectivity index is 3.85. The summed E-state index contributed by atoms with van der Waals surface area (Å²) >= 11 is 0. The smallest absolute Gasteiger partial charge is 0.0983 e. The van der Waals surface area contributed by atoms with Crippen LogP contribution in [0.1, 0.15) is 40.0 Å². The van der Waals surface area contributed by atoms with Crippen molar-refractivity contribution in [2.24, 2.45) is 4.99 Å². The second-order valence-corrected chi connectivity index (χ2v) is 3.02. The van der Waals surface area contributed by atoms with Gasteiger partial charge >= 0.3 is 0 Å². The molecule has 0 amide bonds. The van der Waals surface area contributed by atoms with Crippen molar-refractivity contribution in [3.8, 4) is 0 Å². The van der Waals surface area contributed by atoms with E-state index < -0.39 is 0 Å². The van der Waals surface area contributed by atoms with Crippen molar-refractivity contribution in [1.29, 1.82) is 0 Å². The summed E-state index contributed by atoms with van der Waals surface area (Å²) in [6.07, 6.45) is 3.57. The molecule has 0 aliphatic rings. The van der Waals surface area contributed by atoms with Crippen molar-refractivity contribution in [2.45, 2.75) is 40.0 Å². The monoisotopic (exact) mass is 170 g/mol. The van der Waals surface area contributed by atoms with Crippen LogP contribution in [0.2, 0.25) is 0 Å². The van der Waals surface area contributed by atoms with Gasteiger partial charge in [-0.1, -0.05) is 20.3 Å². The fraction of sp³-hybridized carbons (Fsp3) is 0.900. The predicted molar refractivity (Wildman–Crippen MR) is 55.8 cm³/mol. The van der Waals surface area contributed by atoms with Crippen molar-refractivity contribution in [3.63, 3.8) is 0 Å². The standard InChI is InChI=1S/C10H22N2/c1-5-8-9-12(4)10(6-2)11-7-3/h5-9H2,1-4H3. The Morgan fingerprint density at radius 1 is 1.25 bits per heavy atom. The number of rotatable bonds is 5. The molecule has 0 atom stereocenters. The van der Waals surface area contributed by atoms with E-state index in [1.165, 1.54) is 18.7 Å². The minimum absolute atomic E-state index is 0.902. The number of hydrogen-bond acceptors (Lipinski definition) is 1. The molecule has 0 bridgehead atoms. The number of nitrogens with zero attached hydrogens (tertiary/aromatic N) is 2. The second kappa shape index (κ2) is 7.14. The minimum Gasteiger partial charge on any atom is -0.363 e. The van der Waals surface area contributed by atoms with Crippen LogP contribution >= 0.6 is 0 Å². The van der Waals surface area contributed by atoms with Gasteiger partial charge in [0.2, 0.25) is 0 Å². The molecular formula is C10H22N2. The van der Waals surface area contributed by atoms with Crippen molar-refractivity contribution in [1.82, 2.24) is 4.90 Å². The molecule has 0 fully saturated rings. The maximum atomic E-state index is 4.44. The largest absolute Gasteiger partial charge is 0.363 e. The summed E-state index contributed by atoms with van der Waals surface area (Å²) in [5.41, 5.74) is 0. The molecule has 0 radical (unpaired) electrons. The molecule has 0 aromatic carbocycles. The van der Waals surface area contributed by atoms with Crippen LogP contribution in [-0.2, 0) is 0 Å². The Morgan fingerprint density at radius 3 is 2.33 bits per heavy atom. The number of unbranched alkanes of at least 4 members (excludes halogenated alkanes) is 1. The summed E-state index contributed by atoms with van der Waals surface area (Å²) in [6, 6.07) is 0. The summed E-state index contributed by atoms with van der Waals surface area (Å²) in [4.78, 5) is 6.71. The van der Waals surface area contributed by atoms with Crippen molar-refractivity contribution in [2.75, 3.05) is 20.1 Å². The third-order valence-corrected chi connectivity index (χ3v) is 1.94. The zero-order chi connectivity index (χ0) is 9.40. The van der Waals surface area contributed by atoms with Crippen LogP contribution in [-0.4, -0.2) is 30.9 Å². The first kappa shape index (κ1) is 11.5. The van der Waals surface area contributed by atoms with Crippen LogP contribution in [0, 0.1) is 0 Å². The van der Waals surface area contributed by atoms with E-state index in [0.29, 0.717) is 0 Å². The van der Waals surface area contributed by atoms with Gasteiger partial charge < -0.3 is 4.90 Å². The van der Waals surface area contributed by atoms with E-state index in [-0.39, 0.29) is 0 Å². The number of amidine groups is 1. The summed E-state index contributed by atoms with van der Waals surface area (Å²) in [7, 11) is 2.13. The Morgan fingerprint density at radius 2 is 1.92 bits per heavy atom. The summed E-state index contributed by atoms with van der Waals surface area (Å²) in [5, 5.41) is 0. The Kier molecular flexibility index (Phi) is 6.82. The molecule has 0 rings (SSSR count). The molecule has 0 aliphatic carbocycles. The van der Waals surface area contributed by atoms with Crippen LogP contribution in [0.3, 0.4) is 0 Å². The van der Waals surface area contributed by atoms with Gasteiger partial charge in [-0.25, -0.2) is 0 Å². The second-order valence-electron chi connectivity index (χ2n) is 3.02. The third-order valence-electron chi connectivity index (χ3n) is 1.94. The maximum Gasteiger partial charge on any atom is 0.0983 e. The van der Waals surface area contributed by atoms with Crippen molar-refractivity contribution in [3.05, 3.63) is 0 Å². The molecule has 0 aromatic rings. The van der Waals surface area contributed by atoms with E-state index in [9.17, 15) is 0 Å². The lowest BCUT2D eigenvalue weighted by Crippen LogP contribution is -2.27. The third kappa shape index (κ3) is 4.37. The van der Waals surface area contributed by atoms with Gasteiger partial charge in [0, 0.05) is 26.6 Å². The lowest BCUT2D eigenvalue weighted by Gasteiger charge is -2.19. The molecule has 0 spiro atoms. The molecule has 0 aliphatic heterocycles. The van der Waals surface area contributed by atoms with Gasteiger partial charge in [-0.3, -0.25) is 4.99 Å². The van der Waals surface area contributed by atoms with E-state index in [4.69, 9.17) is 0 Å². The molecule has 2 nitrogen and oxygen atoms in total. The maximum absolute atomic E-state index is 4.44. The van der Waals surface area contributed by atoms with Gasteiger partial charge in [-0.05, 0) is 13.3 Å². The molecule has 2 heteroatoms. The Bertz CT molecular complexity index is 130. The molecule has 0 saturated heterocycles.